The summed E-state index contributed by atoms with van der Waals surface area (Å²) < 4.78 is 5.38. The first-order valence-electron chi connectivity index (χ1n) is 6.56. The zero-order valence-corrected chi connectivity index (χ0v) is 10.9. The van der Waals surface area contributed by atoms with Gasteiger partial charge in [0.2, 0.25) is 5.91 Å². The van der Waals surface area contributed by atoms with Crippen molar-refractivity contribution in [3.8, 4) is 0 Å². The molecule has 1 fully saturated rings. The predicted molar refractivity (Wildman–Crippen MR) is 68.0 cm³/mol. The van der Waals surface area contributed by atoms with E-state index in [1.807, 2.05) is 0 Å². The van der Waals surface area contributed by atoms with E-state index in [9.17, 15) is 4.79 Å². The highest BCUT2D eigenvalue weighted by Crippen LogP contribution is 1.93. The Balaban J connectivity index is 2.01. The van der Waals surface area contributed by atoms with Gasteiger partial charge in [0.1, 0.15) is 0 Å². The third kappa shape index (κ3) is 6.00. The molecule has 5 nitrogen and oxygen atoms in total. The number of carbonyl (C=O) groups excluding carboxylic acids is 1. The maximum atomic E-state index is 11.7. The highest BCUT2D eigenvalue weighted by molar-refractivity contribution is 5.82. The molecule has 2 unspecified atom stereocenters. The molecular formula is C12H25N3O2. The molecule has 1 aliphatic heterocycles. The fourth-order valence-corrected chi connectivity index (χ4v) is 1.69. The van der Waals surface area contributed by atoms with Gasteiger partial charge in [-0.1, -0.05) is 13.3 Å². The van der Waals surface area contributed by atoms with Crippen molar-refractivity contribution >= 4 is 5.91 Å². The summed E-state index contributed by atoms with van der Waals surface area (Å²) in [6.07, 6.45) is 2.22. The zero-order valence-electron chi connectivity index (χ0n) is 10.9. The van der Waals surface area contributed by atoms with Crippen molar-refractivity contribution in [2.45, 2.75) is 38.8 Å². The van der Waals surface area contributed by atoms with Gasteiger partial charge in [0.05, 0.1) is 12.6 Å². The van der Waals surface area contributed by atoms with E-state index in [1.165, 1.54) is 0 Å². The minimum absolute atomic E-state index is 0.0588. The van der Waals surface area contributed by atoms with Crippen LogP contribution in [0.5, 0.6) is 0 Å². The Morgan fingerprint density at radius 1 is 1.35 bits per heavy atom. The molecule has 0 spiro atoms. The first kappa shape index (κ1) is 14.4. The lowest BCUT2D eigenvalue weighted by Crippen LogP contribution is -2.59. The van der Waals surface area contributed by atoms with Crippen molar-refractivity contribution in [3.63, 3.8) is 0 Å². The highest BCUT2D eigenvalue weighted by atomic mass is 16.5. The Morgan fingerprint density at radius 2 is 2.18 bits per heavy atom. The molecule has 1 heterocycles. The molecule has 1 saturated heterocycles. The Labute approximate surface area is 104 Å². The first-order chi connectivity index (χ1) is 8.24. The van der Waals surface area contributed by atoms with Crippen LogP contribution in [-0.4, -0.2) is 50.8 Å². The molecular weight excluding hydrogens is 218 g/mol. The van der Waals surface area contributed by atoms with Crippen LogP contribution in [-0.2, 0) is 9.53 Å². The molecule has 0 aromatic heterocycles. The topological polar surface area (TPSA) is 62.4 Å². The summed E-state index contributed by atoms with van der Waals surface area (Å²) in [5, 5.41) is 9.37. The van der Waals surface area contributed by atoms with E-state index in [-0.39, 0.29) is 11.9 Å². The smallest absolute Gasteiger partial charge is 0.238 e. The van der Waals surface area contributed by atoms with Gasteiger partial charge in [-0.15, -0.1) is 0 Å². The predicted octanol–water partition coefficient (Wildman–Crippen LogP) is -0.131. The Bertz CT molecular complexity index is 216. The minimum atomic E-state index is -0.109. The van der Waals surface area contributed by atoms with Crippen LogP contribution in [0.4, 0.5) is 0 Å². The Morgan fingerprint density at radius 3 is 2.82 bits per heavy atom. The average molecular weight is 243 g/mol. The second-order valence-corrected chi connectivity index (χ2v) is 4.53. The summed E-state index contributed by atoms with van der Waals surface area (Å²) in [7, 11) is 0. The molecule has 0 aliphatic carbocycles. The number of amides is 1. The summed E-state index contributed by atoms with van der Waals surface area (Å²) in [5.41, 5.74) is 0. The number of rotatable bonds is 7. The van der Waals surface area contributed by atoms with Gasteiger partial charge in [-0.2, -0.15) is 0 Å². The number of unbranched alkanes of at least 4 members (excludes halogenated alkanes) is 1. The molecule has 0 radical (unpaired) electrons. The minimum Gasteiger partial charge on any atom is -0.380 e. The van der Waals surface area contributed by atoms with E-state index >= 15 is 0 Å². The van der Waals surface area contributed by atoms with E-state index in [0.29, 0.717) is 25.7 Å². The van der Waals surface area contributed by atoms with Crippen LogP contribution in [0.3, 0.4) is 0 Å². The summed E-state index contributed by atoms with van der Waals surface area (Å²) in [5.74, 6) is 0.0588. The molecule has 2 atom stereocenters. The van der Waals surface area contributed by atoms with Crippen LogP contribution in [0.2, 0.25) is 0 Å². The van der Waals surface area contributed by atoms with Gasteiger partial charge in [0.25, 0.3) is 0 Å². The van der Waals surface area contributed by atoms with E-state index in [0.717, 1.165) is 26.0 Å². The van der Waals surface area contributed by atoms with Crippen LogP contribution in [0.1, 0.15) is 26.7 Å². The number of hydrogen-bond acceptors (Lipinski definition) is 4. The molecule has 0 aromatic carbocycles. The molecule has 0 saturated carbocycles. The van der Waals surface area contributed by atoms with Gasteiger partial charge >= 0.3 is 0 Å². The van der Waals surface area contributed by atoms with Gasteiger partial charge in [-0.05, 0) is 13.3 Å². The number of ether oxygens (including phenoxy) is 1. The van der Waals surface area contributed by atoms with Crippen molar-refractivity contribution in [2.24, 2.45) is 0 Å². The average Bonchev–Trinajstić information content (AvgIpc) is 2.34. The van der Waals surface area contributed by atoms with Crippen LogP contribution in [0, 0.1) is 0 Å². The van der Waals surface area contributed by atoms with Gasteiger partial charge in [-0.25, -0.2) is 0 Å². The maximum absolute atomic E-state index is 11.7. The van der Waals surface area contributed by atoms with Gasteiger partial charge in [0.15, 0.2) is 0 Å². The Kier molecular flexibility index (Phi) is 7.16. The zero-order chi connectivity index (χ0) is 12.5. The molecule has 3 N–H and O–H groups in total. The first-order valence-corrected chi connectivity index (χ1v) is 6.56. The van der Waals surface area contributed by atoms with Crippen LogP contribution < -0.4 is 16.0 Å². The number of piperazine rings is 1. The molecule has 17 heavy (non-hydrogen) atoms. The van der Waals surface area contributed by atoms with Gasteiger partial charge < -0.3 is 20.7 Å². The van der Waals surface area contributed by atoms with Crippen LogP contribution >= 0.6 is 0 Å². The molecule has 1 amide bonds. The van der Waals surface area contributed by atoms with Crippen LogP contribution in [0.15, 0.2) is 0 Å². The fraction of sp³-hybridized carbons (Fsp3) is 0.917. The quantitative estimate of drug-likeness (QED) is 0.545. The monoisotopic (exact) mass is 243 g/mol. The number of hydrogen-bond donors (Lipinski definition) is 3. The molecule has 100 valence electrons. The van der Waals surface area contributed by atoms with E-state index in [4.69, 9.17) is 4.74 Å². The number of carbonyl (C=O) groups is 1. The number of nitrogens with one attached hydrogen (secondary N) is 3. The fourth-order valence-electron chi connectivity index (χ4n) is 1.69. The lowest BCUT2D eigenvalue weighted by Gasteiger charge is -2.28. The standard InChI is InChI=1S/C12H25N3O2/c1-3-4-6-17-7-5-13-12(16)11-9-14-10(2)8-15-11/h10-11,14-15H,3-9H2,1-2H3,(H,13,16). The van der Waals surface area contributed by atoms with Crippen molar-refractivity contribution in [1.82, 2.24) is 16.0 Å². The van der Waals surface area contributed by atoms with E-state index in [1.54, 1.807) is 0 Å². The van der Waals surface area contributed by atoms with Gasteiger partial charge in [-0.3, -0.25) is 4.79 Å². The second-order valence-electron chi connectivity index (χ2n) is 4.53. The molecule has 0 aromatic rings. The SMILES string of the molecule is CCCCOCCNC(=O)C1CNC(C)CN1. The lowest BCUT2D eigenvalue weighted by molar-refractivity contribution is -0.123. The summed E-state index contributed by atoms with van der Waals surface area (Å²) >= 11 is 0. The Hall–Kier alpha value is -0.650. The molecule has 1 aliphatic rings. The summed E-state index contributed by atoms with van der Waals surface area (Å²) in [6.45, 7) is 7.75. The largest absolute Gasteiger partial charge is 0.380 e. The second kappa shape index (κ2) is 8.44. The van der Waals surface area contributed by atoms with Crippen molar-refractivity contribution in [3.05, 3.63) is 0 Å². The third-order valence-electron chi connectivity index (χ3n) is 2.85. The molecule has 1 rings (SSSR count). The molecule has 0 bridgehead atoms. The lowest BCUT2D eigenvalue weighted by atomic mass is 10.1. The van der Waals surface area contributed by atoms with Crippen LogP contribution in [0.25, 0.3) is 0 Å². The third-order valence-corrected chi connectivity index (χ3v) is 2.85. The van der Waals surface area contributed by atoms with Gasteiger partial charge in [0, 0.05) is 32.3 Å². The van der Waals surface area contributed by atoms with E-state index in [2.05, 4.69) is 29.8 Å². The maximum Gasteiger partial charge on any atom is 0.238 e. The summed E-state index contributed by atoms with van der Waals surface area (Å²) in [4.78, 5) is 11.7. The van der Waals surface area contributed by atoms with Crippen molar-refractivity contribution in [1.29, 1.82) is 0 Å². The summed E-state index contributed by atoms with van der Waals surface area (Å²) in [6, 6.07) is 0.332. The highest BCUT2D eigenvalue weighted by Gasteiger charge is 2.22. The molecule has 5 heteroatoms. The normalized spacial score (nSPS) is 24.6. The van der Waals surface area contributed by atoms with Crippen molar-refractivity contribution < 1.29 is 9.53 Å². The van der Waals surface area contributed by atoms with E-state index < -0.39 is 0 Å². The van der Waals surface area contributed by atoms with Crippen molar-refractivity contribution in [2.75, 3.05) is 32.8 Å².